The summed E-state index contributed by atoms with van der Waals surface area (Å²) in [7, 11) is -9.75. The van der Waals surface area contributed by atoms with E-state index >= 15 is 0 Å². The van der Waals surface area contributed by atoms with Gasteiger partial charge in [0.05, 0.1) is 10.6 Å². The zero-order valence-electron chi connectivity index (χ0n) is 10.2. The van der Waals surface area contributed by atoms with Crippen molar-refractivity contribution in [1.29, 1.82) is 0 Å². The Bertz CT molecular complexity index is 786. The Morgan fingerprint density at radius 2 is 1.50 bits per heavy atom. The first-order valence-electron chi connectivity index (χ1n) is 5.46. The molecule has 2 aromatic rings. The van der Waals surface area contributed by atoms with E-state index < -0.39 is 25.8 Å². The fourth-order valence-electron chi connectivity index (χ4n) is 2.10. The van der Waals surface area contributed by atoms with Gasteiger partial charge in [0.2, 0.25) is 0 Å². The molecule has 0 radical (unpaired) electrons. The summed E-state index contributed by atoms with van der Waals surface area (Å²) >= 11 is 0. The molecule has 20 heavy (non-hydrogen) atoms. The summed E-state index contributed by atoms with van der Waals surface area (Å²) in [5, 5.41) is -0.721. The lowest BCUT2D eigenvalue weighted by atomic mass is 10.1. The Labute approximate surface area is 114 Å². The zero-order chi connectivity index (χ0) is 15.1. The Hall–Kier alpha value is -1.26. The monoisotopic (exact) mass is 314 g/mol. The zero-order valence-corrected chi connectivity index (χ0v) is 12.0. The SMILES string of the molecule is C=Cc1cc2ccccc2c(P(=O)(O)O)c1P(=O)(O)O. The van der Waals surface area contributed by atoms with Gasteiger partial charge in [-0.1, -0.05) is 36.9 Å². The number of benzene rings is 2. The summed E-state index contributed by atoms with van der Waals surface area (Å²) < 4.78 is 23.3. The van der Waals surface area contributed by atoms with E-state index in [4.69, 9.17) is 0 Å². The third-order valence-corrected chi connectivity index (χ3v) is 5.11. The maximum Gasteiger partial charge on any atom is 0.357 e. The van der Waals surface area contributed by atoms with Crippen LogP contribution in [0.5, 0.6) is 0 Å². The average Bonchev–Trinajstić information content (AvgIpc) is 2.34. The van der Waals surface area contributed by atoms with Crippen molar-refractivity contribution >= 4 is 42.6 Å². The third-order valence-electron chi connectivity index (χ3n) is 2.83. The van der Waals surface area contributed by atoms with Crippen molar-refractivity contribution in [2.45, 2.75) is 0 Å². The van der Waals surface area contributed by atoms with Gasteiger partial charge in [0.1, 0.15) is 0 Å². The van der Waals surface area contributed by atoms with Gasteiger partial charge in [0.25, 0.3) is 0 Å². The predicted molar refractivity (Wildman–Crippen MR) is 77.4 cm³/mol. The Balaban J connectivity index is 3.13. The van der Waals surface area contributed by atoms with E-state index in [9.17, 15) is 28.7 Å². The highest BCUT2D eigenvalue weighted by atomic mass is 31.2. The van der Waals surface area contributed by atoms with Crippen LogP contribution in [0, 0.1) is 0 Å². The minimum absolute atomic E-state index is 0.00959. The first kappa shape index (κ1) is 15.1. The highest BCUT2D eigenvalue weighted by Crippen LogP contribution is 2.43. The maximum absolute atomic E-state index is 11.7. The largest absolute Gasteiger partial charge is 0.357 e. The average molecular weight is 314 g/mol. The minimum Gasteiger partial charge on any atom is -0.321 e. The second-order valence-corrected chi connectivity index (χ2v) is 7.25. The molecule has 0 atom stereocenters. The summed E-state index contributed by atoms with van der Waals surface area (Å²) in [6, 6.07) is 7.66. The van der Waals surface area contributed by atoms with E-state index in [1.165, 1.54) is 18.2 Å². The molecular formula is C12H12O6P2. The molecule has 106 valence electrons. The van der Waals surface area contributed by atoms with Crippen LogP contribution in [0.25, 0.3) is 16.8 Å². The van der Waals surface area contributed by atoms with Crippen molar-refractivity contribution < 1.29 is 28.7 Å². The van der Waals surface area contributed by atoms with Gasteiger partial charge >= 0.3 is 15.2 Å². The second kappa shape index (κ2) is 4.93. The molecule has 2 rings (SSSR count). The van der Waals surface area contributed by atoms with Crippen molar-refractivity contribution in [3.63, 3.8) is 0 Å². The van der Waals surface area contributed by atoms with E-state index in [1.54, 1.807) is 18.2 Å². The van der Waals surface area contributed by atoms with Crippen molar-refractivity contribution in [3.8, 4) is 0 Å². The van der Waals surface area contributed by atoms with Crippen molar-refractivity contribution in [1.82, 2.24) is 0 Å². The summed E-state index contributed by atoms with van der Waals surface area (Å²) in [5.74, 6) is 0. The lowest BCUT2D eigenvalue weighted by Crippen LogP contribution is -2.28. The van der Waals surface area contributed by atoms with E-state index in [-0.39, 0.29) is 10.9 Å². The van der Waals surface area contributed by atoms with Gasteiger partial charge < -0.3 is 19.6 Å². The van der Waals surface area contributed by atoms with Crippen LogP contribution >= 0.6 is 15.2 Å². The standard InChI is InChI=1S/C12H12O6P2/c1-2-8-7-9-5-3-4-6-10(9)12(20(16,17)18)11(8)19(13,14)15/h2-7H,1H2,(H2,13,14,15)(H2,16,17,18). The Kier molecular flexibility index (Phi) is 3.73. The fraction of sp³-hybridized carbons (Fsp3) is 0. The highest BCUT2D eigenvalue weighted by Gasteiger charge is 2.34. The number of hydrogen-bond acceptors (Lipinski definition) is 2. The summed E-state index contributed by atoms with van der Waals surface area (Å²) in [6.45, 7) is 3.44. The fourth-order valence-corrected chi connectivity index (χ4v) is 4.69. The lowest BCUT2D eigenvalue weighted by molar-refractivity contribution is 0.381. The van der Waals surface area contributed by atoms with Gasteiger partial charge in [0, 0.05) is 0 Å². The van der Waals surface area contributed by atoms with E-state index in [0.29, 0.717) is 5.39 Å². The highest BCUT2D eigenvalue weighted by molar-refractivity contribution is 7.67. The van der Waals surface area contributed by atoms with Gasteiger partial charge in [-0.2, -0.15) is 0 Å². The number of rotatable bonds is 3. The van der Waals surface area contributed by atoms with Crippen LogP contribution in [0.2, 0.25) is 0 Å². The maximum atomic E-state index is 11.7. The molecule has 0 saturated heterocycles. The molecule has 0 unspecified atom stereocenters. The lowest BCUT2D eigenvalue weighted by Gasteiger charge is -2.17. The molecule has 0 fully saturated rings. The van der Waals surface area contributed by atoms with Crippen molar-refractivity contribution in [3.05, 3.63) is 42.5 Å². The Morgan fingerprint density at radius 1 is 0.950 bits per heavy atom. The normalized spacial score (nSPS) is 12.6. The van der Waals surface area contributed by atoms with Gasteiger partial charge in [-0.05, 0) is 22.4 Å². The van der Waals surface area contributed by atoms with Crippen LogP contribution in [-0.2, 0) is 9.13 Å². The minimum atomic E-state index is -4.88. The molecule has 2 aromatic carbocycles. The molecule has 4 N–H and O–H groups in total. The topological polar surface area (TPSA) is 115 Å². The quantitative estimate of drug-likeness (QED) is 0.630. The number of hydrogen-bond donors (Lipinski definition) is 4. The van der Waals surface area contributed by atoms with Crippen molar-refractivity contribution in [2.75, 3.05) is 0 Å². The van der Waals surface area contributed by atoms with Gasteiger partial charge in [0.15, 0.2) is 0 Å². The van der Waals surface area contributed by atoms with Crippen LogP contribution in [0.3, 0.4) is 0 Å². The predicted octanol–water partition coefficient (Wildman–Crippen LogP) is 1.09. The van der Waals surface area contributed by atoms with Crippen LogP contribution in [0.1, 0.15) is 5.56 Å². The van der Waals surface area contributed by atoms with Gasteiger partial charge in [-0.3, -0.25) is 9.13 Å². The first-order chi connectivity index (χ1) is 9.16. The van der Waals surface area contributed by atoms with E-state index in [0.717, 1.165) is 0 Å². The molecule has 0 aliphatic carbocycles. The molecule has 6 nitrogen and oxygen atoms in total. The van der Waals surface area contributed by atoms with Crippen LogP contribution in [0.4, 0.5) is 0 Å². The summed E-state index contributed by atoms with van der Waals surface area (Å²) in [6.07, 6.45) is 1.17. The third kappa shape index (κ3) is 2.63. The molecule has 0 bridgehead atoms. The summed E-state index contributed by atoms with van der Waals surface area (Å²) in [4.78, 5) is 37.8. The molecule has 0 spiro atoms. The molecule has 0 aliphatic heterocycles. The van der Waals surface area contributed by atoms with Crippen molar-refractivity contribution in [2.24, 2.45) is 0 Å². The summed E-state index contributed by atoms with van der Waals surface area (Å²) in [5.41, 5.74) is 0.00959. The molecule has 0 aliphatic rings. The van der Waals surface area contributed by atoms with Crippen LogP contribution in [0.15, 0.2) is 36.9 Å². The molecule has 0 heterocycles. The van der Waals surface area contributed by atoms with E-state index in [1.807, 2.05) is 0 Å². The molecule has 8 heteroatoms. The van der Waals surface area contributed by atoms with E-state index in [2.05, 4.69) is 6.58 Å². The molecule has 0 amide bonds. The smallest absolute Gasteiger partial charge is 0.321 e. The van der Waals surface area contributed by atoms with Gasteiger partial charge in [-0.15, -0.1) is 0 Å². The molecular weight excluding hydrogens is 302 g/mol. The second-order valence-electron chi connectivity index (χ2n) is 4.18. The van der Waals surface area contributed by atoms with Crippen LogP contribution in [-0.4, -0.2) is 19.6 Å². The van der Waals surface area contributed by atoms with Gasteiger partial charge in [-0.25, -0.2) is 0 Å². The number of fused-ring (bicyclic) bond motifs is 1. The Morgan fingerprint density at radius 3 is 2.00 bits per heavy atom. The van der Waals surface area contributed by atoms with Crippen LogP contribution < -0.4 is 10.6 Å². The molecule has 0 aromatic heterocycles. The molecule has 0 saturated carbocycles. The first-order valence-corrected chi connectivity index (χ1v) is 8.69.